The Bertz CT molecular complexity index is 895. The van der Waals surface area contributed by atoms with Crippen molar-refractivity contribution in [1.82, 2.24) is 0 Å². The van der Waals surface area contributed by atoms with Crippen LogP contribution in [0.25, 0.3) is 0 Å². The van der Waals surface area contributed by atoms with Gasteiger partial charge in [-0.2, -0.15) is 18.4 Å². The summed E-state index contributed by atoms with van der Waals surface area (Å²) < 4.78 is 59.9. The Balaban J connectivity index is 2.74. The number of benzene rings is 1. The Labute approximate surface area is 166 Å². The van der Waals surface area contributed by atoms with Gasteiger partial charge in [0.15, 0.2) is 0 Å². The highest BCUT2D eigenvalue weighted by Crippen LogP contribution is 2.45. The van der Waals surface area contributed by atoms with E-state index in [1.54, 1.807) is 6.92 Å². The predicted octanol–water partition coefficient (Wildman–Crippen LogP) is 5.41. The molecule has 0 fully saturated rings. The monoisotopic (exact) mass is 410 g/mol. The van der Waals surface area contributed by atoms with Gasteiger partial charge in [0.2, 0.25) is 0 Å². The van der Waals surface area contributed by atoms with Crippen molar-refractivity contribution in [2.75, 3.05) is 6.61 Å². The van der Waals surface area contributed by atoms with Gasteiger partial charge >= 0.3 is 12.1 Å². The van der Waals surface area contributed by atoms with E-state index >= 15 is 0 Å². The lowest BCUT2D eigenvalue weighted by atomic mass is 9.74. The number of allylic oxidation sites excluding steroid dienone is 1. The molecule has 0 saturated heterocycles. The fourth-order valence-corrected chi connectivity index (χ4v) is 3.31. The Morgan fingerprint density at radius 3 is 2.52 bits per heavy atom. The van der Waals surface area contributed by atoms with Crippen LogP contribution >= 0.6 is 0 Å². The maximum Gasteiger partial charge on any atom is 0.416 e. The lowest BCUT2D eigenvalue weighted by Gasteiger charge is -2.31. The maximum absolute atomic E-state index is 13.7. The number of hydrogen-bond acceptors (Lipinski definition) is 4. The van der Waals surface area contributed by atoms with E-state index < -0.39 is 35.4 Å². The SMILES string of the molecule is CCC1=C(C(=O)OCC(C)C)C(c2ccc(F)cc2C(F)(F)F)C(C#N)C(C)=N1. The number of alkyl halides is 3. The second kappa shape index (κ2) is 8.76. The van der Waals surface area contributed by atoms with Crippen LogP contribution in [0.4, 0.5) is 17.6 Å². The smallest absolute Gasteiger partial charge is 0.416 e. The summed E-state index contributed by atoms with van der Waals surface area (Å²) in [6.45, 7) is 6.96. The van der Waals surface area contributed by atoms with Gasteiger partial charge in [-0.25, -0.2) is 9.18 Å². The van der Waals surface area contributed by atoms with E-state index in [0.29, 0.717) is 11.8 Å². The summed E-state index contributed by atoms with van der Waals surface area (Å²) >= 11 is 0. The molecule has 0 amide bonds. The minimum atomic E-state index is -4.86. The van der Waals surface area contributed by atoms with Gasteiger partial charge in [-0.05, 0) is 37.0 Å². The number of nitrogens with zero attached hydrogens (tertiary/aromatic N) is 2. The molecule has 29 heavy (non-hydrogen) atoms. The zero-order valence-electron chi connectivity index (χ0n) is 16.6. The molecule has 4 nitrogen and oxygen atoms in total. The third-order valence-corrected chi connectivity index (χ3v) is 4.61. The quantitative estimate of drug-likeness (QED) is 0.482. The normalized spacial score (nSPS) is 19.8. The standard InChI is InChI=1S/C21H22F4N2O2/c1-5-17-19(20(28)29-10-11(2)3)18(15(9-26)12(4)27-17)14-7-6-13(22)8-16(14)21(23,24)25/h6-8,11,15,18H,5,10H2,1-4H3. The summed E-state index contributed by atoms with van der Waals surface area (Å²) in [5, 5.41) is 9.66. The van der Waals surface area contributed by atoms with Crippen molar-refractivity contribution in [3.63, 3.8) is 0 Å². The van der Waals surface area contributed by atoms with Crippen LogP contribution in [-0.4, -0.2) is 18.3 Å². The first kappa shape index (κ1) is 22.6. The maximum atomic E-state index is 13.7. The molecule has 1 aliphatic heterocycles. The van der Waals surface area contributed by atoms with Crippen LogP contribution in [0, 0.1) is 29.0 Å². The summed E-state index contributed by atoms with van der Waals surface area (Å²) in [7, 11) is 0. The molecule has 1 aromatic carbocycles. The van der Waals surface area contributed by atoms with Gasteiger partial charge in [0, 0.05) is 11.6 Å². The topological polar surface area (TPSA) is 62.5 Å². The number of aliphatic imine (C=N–C) groups is 1. The number of esters is 1. The number of halogens is 4. The molecule has 0 N–H and O–H groups in total. The average Bonchev–Trinajstić information content (AvgIpc) is 2.64. The molecule has 1 aromatic rings. The van der Waals surface area contributed by atoms with Crippen LogP contribution in [0.5, 0.6) is 0 Å². The first-order chi connectivity index (χ1) is 13.5. The van der Waals surface area contributed by atoms with Crippen molar-refractivity contribution in [3.05, 3.63) is 46.4 Å². The molecule has 0 bridgehead atoms. The van der Waals surface area contributed by atoms with Crippen LogP contribution in [0.1, 0.15) is 51.2 Å². The third kappa shape index (κ3) is 4.84. The Morgan fingerprint density at radius 2 is 2.00 bits per heavy atom. The minimum Gasteiger partial charge on any atom is -0.462 e. The van der Waals surface area contributed by atoms with Crippen LogP contribution < -0.4 is 0 Å². The zero-order chi connectivity index (χ0) is 21.9. The third-order valence-electron chi connectivity index (χ3n) is 4.61. The molecule has 2 atom stereocenters. The van der Waals surface area contributed by atoms with Gasteiger partial charge in [0.25, 0.3) is 0 Å². The lowest BCUT2D eigenvalue weighted by molar-refractivity contribution is -0.142. The molecule has 2 unspecified atom stereocenters. The number of ether oxygens (including phenoxy) is 1. The predicted molar refractivity (Wildman–Crippen MR) is 99.5 cm³/mol. The van der Waals surface area contributed by atoms with Crippen molar-refractivity contribution < 1.29 is 27.1 Å². The second-order valence-corrected chi connectivity index (χ2v) is 7.27. The number of nitriles is 1. The Hall–Kier alpha value is -2.69. The van der Waals surface area contributed by atoms with Crippen LogP contribution in [0.3, 0.4) is 0 Å². The fraction of sp³-hybridized carbons (Fsp3) is 0.476. The highest BCUT2D eigenvalue weighted by Gasteiger charge is 2.43. The van der Waals surface area contributed by atoms with Crippen LogP contribution in [0.15, 0.2) is 34.5 Å². The van der Waals surface area contributed by atoms with Crippen molar-refractivity contribution >= 4 is 11.7 Å². The van der Waals surface area contributed by atoms with E-state index in [0.717, 1.165) is 12.1 Å². The summed E-state index contributed by atoms with van der Waals surface area (Å²) in [6.07, 6.45) is -4.60. The number of carbonyl (C=O) groups excluding carboxylic acids is 1. The average molecular weight is 410 g/mol. The van der Waals surface area contributed by atoms with E-state index in [9.17, 15) is 27.6 Å². The van der Waals surface area contributed by atoms with Crippen molar-refractivity contribution in [2.45, 2.75) is 46.2 Å². The van der Waals surface area contributed by atoms with Crippen molar-refractivity contribution in [3.8, 4) is 6.07 Å². The van der Waals surface area contributed by atoms with Gasteiger partial charge in [-0.1, -0.05) is 26.8 Å². The number of carbonyl (C=O) groups is 1. The zero-order valence-corrected chi connectivity index (χ0v) is 16.6. The summed E-state index contributed by atoms with van der Waals surface area (Å²) in [5.74, 6) is -4.23. The number of hydrogen-bond donors (Lipinski definition) is 0. The molecule has 156 valence electrons. The second-order valence-electron chi connectivity index (χ2n) is 7.27. The molecule has 0 aliphatic carbocycles. The molecule has 1 aliphatic rings. The summed E-state index contributed by atoms with van der Waals surface area (Å²) in [5.41, 5.74) is -1.08. The van der Waals surface area contributed by atoms with E-state index in [-0.39, 0.29) is 35.8 Å². The van der Waals surface area contributed by atoms with Gasteiger partial charge in [-0.3, -0.25) is 4.99 Å². The van der Waals surface area contributed by atoms with E-state index in [1.807, 2.05) is 19.9 Å². The summed E-state index contributed by atoms with van der Waals surface area (Å²) in [6, 6.07) is 4.21. The van der Waals surface area contributed by atoms with Gasteiger partial charge < -0.3 is 4.74 Å². The van der Waals surface area contributed by atoms with Crippen LogP contribution in [-0.2, 0) is 15.7 Å². The van der Waals surface area contributed by atoms with Gasteiger partial charge in [0.1, 0.15) is 5.82 Å². The number of rotatable bonds is 5. The molecule has 0 aromatic heterocycles. The Morgan fingerprint density at radius 1 is 1.34 bits per heavy atom. The lowest BCUT2D eigenvalue weighted by Crippen LogP contribution is -2.31. The van der Waals surface area contributed by atoms with Gasteiger partial charge in [0.05, 0.1) is 35.4 Å². The highest BCUT2D eigenvalue weighted by molar-refractivity contribution is 5.98. The molecule has 0 spiro atoms. The molecule has 1 heterocycles. The van der Waals surface area contributed by atoms with Gasteiger partial charge in [-0.15, -0.1) is 0 Å². The minimum absolute atomic E-state index is 0.0141. The largest absolute Gasteiger partial charge is 0.462 e. The molecule has 0 saturated carbocycles. The molecular weight excluding hydrogens is 388 g/mol. The molecule has 0 radical (unpaired) electrons. The van der Waals surface area contributed by atoms with E-state index in [4.69, 9.17) is 4.74 Å². The highest BCUT2D eigenvalue weighted by atomic mass is 19.4. The van der Waals surface area contributed by atoms with E-state index in [1.165, 1.54) is 6.92 Å². The van der Waals surface area contributed by atoms with E-state index in [2.05, 4.69) is 4.99 Å². The molecule has 8 heteroatoms. The molecule has 2 rings (SSSR count). The van der Waals surface area contributed by atoms with Crippen molar-refractivity contribution in [2.24, 2.45) is 16.8 Å². The molecular formula is C21H22F4N2O2. The fourth-order valence-electron chi connectivity index (χ4n) is 3.31. The van der Waals surface area contributed by atoms with Crippen LogP contribution in [0.2, 0.25) is 0 Å². The summed E-state index contributed by atoms with van der Waals surface area (Å²) in [4.78, 5) is 17.1. The van der Waals surface area contributed by atoms with Crippen molar-refractivity contribution in [1.29, 1.82) is 5.26 Å². The first-order valence-corrected chi connectivity index (χ1v) is 9.22. The Kier molecular flexibility index (Phi) is 6.83. The first-order valence-electron chi connectivity index (χ1n) is 9.22.